The third-order valence-electron chi connectivity index (χ3n) is 4.59. The van der Waals surface area contributed by atoms with Crippen LogP contribution in [0.25, 0.3) is 11.3 Å². The molecule has 1 aliphatic heterocycles. The first-order valence-electron chi connectivity index (χ1n) is 8.63. The molecule has 0 saturated heterocycles. The van der Waals surface area contributed by atoms with Crippen molar-refractivity contribution in [3.8, 4) is 11.3 Å². The van der Waals surface area contributed by atoms with Crippen LogP contribution in [-0.4, -0.2) is 21.6 Å². The van der Waals surface area contributed by atoms with Gasteiger partial charge in [0.15, 0.2) is 0 Å². The van der Waals surface area contributed by atoms with E-state index in [0.29, 0.717) is 33.3 Å². The van der Waals surface area contributed by atoms with Gasteiger partial charge in [0, 0.05) is 21.8 Å². The number of carbonyl (C=O) groups is 2. The van der Waals surface area contributed by atoms with Gasteiger partial charge in [0.05, 0.1) is 12.1 Å². The number of hydrogen-bond acceptors (Lipinski definition) is 3. The molecule has 142 valence electrons. The van der Waals surface area contributed by atoms with Crippen molar-refractivity contribution in [2.75, 3.05) is 10.6 Å². The summed E-state index contributed by atoms with van der Waals surface area (Å²) in [5, 5.41) is 10.6. The maximum atomic E-state index is 13.2. The van der Waals surface area contributed by atoms with Crippen LogP contribution in [-0.2, 0) is 9.59 Å². The fraction of sp³-hybridized carbons (Fsp3) is 0.150. The second kappa shape index (κ2) is 7.09. The molecule has 0 aliphatic carbocycles. The fourth-order valence-corrected chi connectivity index (χ4v) is 3.41. The molecule has 2 amide bonds. The lowest BCUT2D eigenvalue weighted by Gasteiger charge is -2.24. The Hall–Kier alpha value is -3.19. The molecule has 0 fully saturated rings. The van der Waals surface area contributed by atoms with E-state index in [4.69, 9.17) is 11.6 Å². The van der Waals surface area contributed by atoms with Gasteiger partial charge in [-0.05, 0) is 49.4 Å². The minimum absolute atomic E-state index is 0.0383. The molecule has 6 nitrogen and oxygen atoms in total. The highest BCUT2D eigenvalue weighted by molar-refractivity contribution is 6.30. The second-order valence-electron chi connectivity index (χ2n) is 6.54. The van der Waals surface area contributed by atoms with Gasteiger partial charge in [0.2, 0.25) is 11.8 Å². The average Bonchev–Trinajstić information content (AvgIpc) is 2.98. The zero-order valence-corrected chi connectivity index (χ0v) is 15.6. The number of benzene rings is 2. The summed E-state index contributed by atoms with van der Waals surface area (Å²) in [7, 11) is 0. The second-order valence-corrected chi connectivity index (χ2v) is 6.98. The Labute approximate surface area is 165 Å². The Morgan fingerprint density at radius 3 is 2.75 bits per heavy atom. The zero-order valence-electron chi connectivity index (χ0n) is 14.9. The fourth-order valence-electron chi connectivity index (χ4n) is 3.22. The van der Waals surface area contributed by atoms with Crippen molar-refractivity contribution in [1.29, 1.82) is 0 Å². The largest absolute Gasteiger partial charge is 0.324 e. The number of carbonyl (C=O) groups excluding carboxylic acids is 2. The number of hydrogen-bond donors (Lipinski definition) is 2. The van der Waals surface area contributed by atoms with Crippen LogP contribution in [0.5, 0.6) is 0 Å². The quantitative estimate of drug-likeness (QED) is 0.695. The third kappa shape index (κ3) is 3.36. The number of halogens is 2. The van der Waals surface area contributed by atoms with Gasteiger partial charge in [-0.25, -0.2) is 9.07 Å². The number of fused-ring (bicyclic) bond motifs is 1. The van der Waals surface area contributed by atoms with Gasteiger partial charge in [0.25, 0.3) is 0 Å². The van der Waals surface area contributed by atoms with Crippen LogP contribution < -0.4 is 10.6 Å². The van der Waals surface area contributed by atoms with Gasteiger partial charge >= 0.3 is 0 Å². The van der Waals surface area contributed by atoms with E-state index in [0.717, 1.165) is 0 Å². The van der Waals surface area contributed by atoms with E-state index in [-0.39, 0.29) is 24.1 Å². The predicted molar refractivity (Wildman–Crippen MR) is 105 cm³/mol. The number of anilines is 2. The van der Waals surface area contributed by atoms with Crippen LogP contribution in [0.4, 0.5) is 15.9 Å². The number of nitrogens with zero attached hydrogens (tertiary/aromatic N) is 2. The SMILES string of the molecule is Cc1c(-c2ccc(F)cc2)nn2c1NC(=O)C[C@@H]2C(=O)Nc1cccc(Cl)c1. The number of rotatable bonds is 3. The Morgan fingerprint density at radius 1 is 1.29 bits per heavy atom. The molecule has 1 aromatic heterocycles. The topological polar surface area (TPSA) is 76.0 Å². The lowest BCUT2D eigenvalue weighted by molar-refractivity contribution is -0.125. The summed E-state index contributed by atoms with van der Waals surface area (Å²) < 4.78 is 14.7. The van der Waals surface area contributed by atoms with E-state index >= 15 is 0 Å². The molecule has 8 heteroatoms. The minimum Gasteiger partial charge on any atom is -0.324 e. The molecule has 3 aromatic rings. The van der Waals surface area contributed by atoms with Gasteiger partial charge in [0.1, 0.15) is 17.7 Å². The summed E-state index contributed by atoms with van der Waals surface area (Å²) in [4.78, 5) is 25.0. The van der Waals surface area contributed by atoms with Crippen molar-refractivity contribution >= 4 is 34.9 Å². The third-order valence-corrected chi connectivity index (χ3v) is 4.83. The molecule has 1 aliphatic rings. The maximum absolute atomic E-state index is 13.2. The summed E-state index contributed by atoms with van der Waals surface area (Å²) in [5.74, 6) is -0.529. The number of aromatic nitrogens is 2. The molecule has 2 aromatic carbocycles. The van der Waals surface area contributed by atoms with Crippen molar-refractivity contribution in [3.63, 3.8) is 0 Å². The number of nitrogens with one attached hydrogen (secondary N) is 2. The van der Waals surface area contributed by atoms with E-state index in [1.807, 2.05) is 0 Å². The van der Waals surface area contributed by atoms with Crippen molar-refractivity contribution in [2.45, 2.75) is 19.4 Å². The monoisotopic (exact) mass is 398 g/mol. The van der Waals surface area contributed by atoms with Crippen LogP contribution in [0.15, 0.2) is 48.5 Å². The van der Waals surface area contributed by atoms with Crippen molar-refractivity contribution < 1.29 is 14.0 Å². The average molecular weight is 399 g/mol. The summed E-state index contributed by atoms with van der Waals surface area (Å²) in [6.45, 7) is 1.80. The first-order valence-corrected chi connectivity index (χ1v) is 9.01. The highest BCUT2D eigenvalue weighted by Gasteiger charge is 2.34. The molecule has 0 unspecified atom stereocenters. The smallest absolute Gasteiger partial charge is 0.249 e. The highest BCUT2D eigenvalue weighted by Crippen LogP contribution is 2.34. The van der Waals surface area contributed by atoms with Gasteiger partial charge in [-0.3, -0.25) is 9.59 Å². The molecule has 0 bridgehead atoms. The Bertz CT molecular complexity index is 1080. The van der Waals surface area contributed by atoms with Gasteiger partial charge in [-0.1, -0.05) is 17.7 Å². The van der Waals surface area contributed by atoms with E-state index in [1.54, 1.807) is 43.3 Å². The molecule has 4 rings (SSSR count). The summed E-state index contributed by atoms with van der Waals surface area (Å²) in [5.41, 5.74) is 2.52. The normalized spacial score (nSPS) is 15.7. The minimum atomic E-state index is -0.810. The van der Waals surface area contributed by atoms with Gasteiger partial charge < -0.3 is 10.6 Å². The van der Waals surface area contributed by atoms with Crippen molar-refractivity contribution in [1.82, 2.24) is 9.78 Å². The molecule has 0 spiro atoms. The Kier molecular flexibility index (Phi) is 4.60. The van der Waals surface area contributed by atoms with Crippen LogP contribution in [0.2, 0.25) is 5.02 Å². The Balaban J connectivity index is 1.70. The molecule has 0 saturated carbocycles. The van der Waals surface area contributed by atoms with Crippen LogP contribution >= 0.6 is 11.6 Å². The Morgan fingerprint density at radius 2 is 2.04 bits per heavy atom. The standard InChI is InChI=1S/C20H16ClFN4O2/c1-11-18(12-5-7-14(22)8-6-12)25-26-16(10-17(27)24-19(11)26)20(28)23-15-4-2-3-13(21)9-15/h2-9,16H,10H2,1H3,(H,23,28)(H,24,27)/t16-/m1/s1. The van der Waals surface area contributed by atoms with Crippen LogP contribution in [0.3, 0.4) is 0 Å². The van der Waals surface area contributed by atoms with Gasteiger partial charge in [-0.15, -0.1) is 0 Å². The lowest BCUT2D eigenvalue weighted by Crippen LogP contribution is -2.35. The zero-order chi connectivity index (χ0) is 19.8. The van der Waals surface area contributed by atoms with E-state index in [9.17, 15) is 14.0 Å². The first-order chi connectivity index (χ1) is 13.4. The van der Waals surface area contributed by atoms with Crippen LogP contribution in [0.1, 0.15) is 18.0 Å². The molecule has 0 radical (unpaired) electrons. The molecular weight excluding hydrogens is 383 g/mol. The number of amides is 2. The molecule has 2 heterocycles. The molecule has 28 heavy (non-hydrogen) atoms. The summed E-state index contributed by atoms with van der Waals surface area (Å²) in [6, 6.07) is 11.9. The van der Waals surface area contributed by atoms with E-state index in [2.05, 4.69) is 15.7 Å². The van der Waals surface area contributed by atoms with Crippen molar-refractivity contribution in [2.24, 2.45) is 0 Å². The predicted octanol–water partition coefficient (Wildman–Crippen LogP) is 4.17. The molecule has 1 atom stereocenters. The van der Waals surface area contributed by atoms with Crippen LogP contribution in [0, 0.1) is 12.7 Å². The van der Waals surface area contributed by atoms with E-state index in [1.165, 1.54) is 16.8 Å². The maximum Gasteiger partial charge on any atom is 0.249 e. The summed E-state index contributed by atoms with van der Waals surface area (Å²) in [6.07, 6.45) is -0.0383. The lowest BCUT2D eigenvalue weighted by atomic mass is 10.1. The first kappa shape index (κ1) is 18.2. The molecular formula is C20H16ClFN4O2. The highest BCUT2D eigenvalue weighted by atomic mass is 35.5. The summed E-state index contributed by atoms with van der Waals surface area (Å²) >= 11 is 5.96. The van der Waals surface area contributed by atoms with Gasteiger partial charge in [-0.2, -0.15) is 5.10 Å². The van der Waals surface area contributed by atoms with Crippen molar-refractivity contribution in [3.05, 3.63) is 64.9 Å². The van der Waals surface area contributed by atoms with E-state index < -0.39 is 6.04 Å². The molecule has 2 N–H and O–H groups in total.